The first-order valence-electron chi connectivity index (χ1n) is 40.8. The van der Waals surface area contributed by atoms with Crippen molar-refractivity contribution in [2.45, 2.75) is 515 Å². The first-order valence-corrected chi connectivity index (χ1v) is 40.8. The van der Waals surface area contributed by atoms with Gasteiger partial charge >= 0.3 is 11.9 Å². The molecule has 0 aromatic carbocycles. The zero-order valence-electron chi connectivity index (χ0n) is 60.5. The van der Waals surface area contributed by atoms with Crippen molar-refractivity contribution in [1.29, 1.82) is 0 Å². The van der Waals surface area contributed by atoms with Gasteiger partial charge in [-0.1, -0.05) is 401 Å². The van der Waals surface area contributed by atoms with E-state index in [1.165, 1.54) is 385 Å². The Labute approximate surface area is 543 Å². The average molecular weight is 1210 g/mol. The molecule has 0 heterocycles. The number of ether oxygens (including phenoxy) is 2. The fourth-order valence-corrected chi connectivity index (χ4v) is 14.1. The molecule has 514 valence electrons. The summed E-state index contributed by atoms with van der Waals surface area (Å²) in [7, 11) is 0. The Morgan fingerprint density at radius 1 is 0.174 bits per heavy atom. The Bertz CT molecular complexity index is 1150. The van der Waals surface area contributed by atoms with Gasteiger partial charge in [-0.25, -0.2) is 0 Å². The van der Waals surface area contributed by atoms with Crippen LogP contribution in [0.1, 0.15) is 504 Å². The quantitative estimate of drug-likeness (QED) is 0.0450. The summed E-state index contributed by atoms with van der Waals surface area (Å²) in [5.41, 5.74) is -0.671. The van der Waals surface area contributed by atoms with Gasteiger partial charge in [0.05, 0.1) is 0 Å². The van der Waals surface area contributed by atoms with Crippen LogP contribution in [0.3, 0.4) is 0 Å². The Morgan fingerprint density at radius 3 is 0.442 bits per heavy atom. The molecule has 0 spiro atoms. The van der Waals surface area contributed by atoms with Crippen molar-refractivity contribution < 1.29 is 19.1 Å². The van der Waals surface area contributed by atoms with Gasteiger partial charge in [0.2, 0.25) is 0 Å². The van der Waals surface area contributed by atoms with Gasteiger partial charge in [-0.2, -0.15) is 0 Å². The summed E-state index contributed by atoms with van der Waals surface area (Å²) in [4.78, 5) is 28.2. The monoisotopic (exact) mass is 1210 g/mol. The van der Waals surface area contributed by atoms with E-state index in [2.05, 4.69) is 41.5 Å². The van der Waals surface area contributed by atoms with Crippen LogP contribution in [0.15, 0.2) is 0 Å². The number of hydrogen-bond acceptors (Lipinski definition) is 4. The Balaban J connectivity index is 5.61. The molecule has 0 amide bonds. The number of carbonyl (C=O) groups is 2. The summed E-state index contributed by atoms with van der Waals surface area (Å²) in [5.74, 6) is -0.0368. The second-order valence-corrected chi connectivity index (χ2v) is 28.8. The largest absolute Gasteiger partial charge is 0.459 e. The maximum atomic E-state index is 14.1. The summed E-state index contributed by atoms with van der Waals surface area (Å²) >= 11 is 0. The zero-order chi connectivity index (χ0) is 62.5. The van der Waals surface area contributed by atoms with Gasteiger partial charge in [0.15, 0.2) is 0 Å². The lowest BCUT2D eigenvalue weighted by Crippen LogP contribution is -2.36. The summed E-state index contributed by atoms with van der Waals surface area (Å²) in [6.45, 7) is 13.8. The van der Waals surface area contributed by atoms with Gasteiger partial charge in [0.1, 0.15) is 11.2 Å². The van der Waals surface area contributed by atoms with Crippen molar-refractivity contribution in [3.05, 3.63) is 0 Å². The van der Waals surface area contributed by atoms with E-state index in [0.29, 0.717) is 25.7 Å². The fourth-order valence-electron chi connectivity index (χ4n) is 14.1. The van der Waals surface area contributed by atoms with Crippen LogP contribution in [0.25, 0.3) is 0 Å². The predicted molar refractivity (Wildman–Crippen MR) is 384 cm³/mol. The highest BCUT2D eigenvalue weighted by Crippen LogP contribution is 2.36. The van der Waals surface area contributed by atoms with Crippen molar-refractivity contribution in [1.82, 2.24) is 0 Å². The standard InChI is InChI=1S/C82H162O4/c1-7-13-19-23-27-31-35-39-43-47-51-55-59-67-75-81(73-65-17-11-5,76-68-60-56-52-48-44-40-36-32-28-24-20-14-8-2)85-79(83)71-63-64-72-80(84)86-82(74-66-18-12-6,77-69-61-57-53-49-45-41-37-33-29-25-21-15-9-3)78-70-62-58-54-50-46-42-38-34-30-26-22-16-10-4/h7-78H2,1-6H3. The minimum absolute atomic E-state index is 0.0184. The molecule has 0 aromatic rings. The lowest BCUT2D eigenvalue weighted by molar-refractivity contribution is -0.165. The smallest absolute Gasteiger partial charge is 0.306 e. The van der Waals surface area contributed by atoms with Gasteiger partial charge in [-0.3, -0.25) is 9.59 Å². The molecule has 0 saturated carbocycles. The number of esters is 2. The molecule has 86 heavy (non-hydrogen) atoms. The topological polar surface area (TPSA) is 52.6 Å². The number of carbonyl (C=O) groups excluding carboxylic acids is 2. The molecule has 0 atom stereocenters. The highest BCUT2D eigenvalue weighted by molar-refractivity contribution is 5.71. The molecule has 0 rings (SSSR count). The second-order valence-electron chi connectivity index (χ2n) is 28.8. The highest BCUT2D eigenvalue weighted by atomic mass is 16.6. The lowest BCUT2D eigenvalue weighted by Gasteiger charge is -2.35. The SMILES string of the molecule is CCCCCCCCCCCCCCCCC(CCCCC)(CCCCCCCCCCCCCCCC)OC(=O)CCCCC(=O)OC(CCCCC)(CCCCCCCCCCCCCCCC)CCCCCCCCCCCCCCCC. The van der Waals surface area contributed by atoms with Crippen LogP contribution in [0.5, 0.6) is 0 Å². The lowest BCUT2D eigenvalue weighted by atomic mass is 9.84. The Hall–Kier alpha value is -1.06. The molecule has 0 saturated heterocycles. The van der Waals surface area contributed by atoms with Gasteiger partial charge in [0, 0.05) is 12.8 Å². The zero-order valence-corrected chi connectivity index (χ0v) is 60.5. The third-order valence-electron chi connectivity index (χ3n) is 20.1. The normalized spacial score (nSPS) is 12.0. The third-order valence-corrected chi connectivity index (χ3v) is 20.1. The Morgan fingerprint density at radius 2 is 0.291 bits per heavy atom. The summed E-state index contributed by atoms with van der Waals surface area (Å²) in [5, 5.41) is 0. The molecule has 4 nitrogen and oxygen atoms in total. The summed E-state index contributed by atoms with van der Waals surface area (Å²) < 4.78 is 13.7. The van der Waals surface area contributed by atoms with Crippen LogP contribution in [0.2, 0.25) is 0 Å². The van der Waals surface area contributed by atoms with Crippen LogP contribution in [-0.4, -0.2) is 23.1 Å². The molecule has 0 aliphatic carbocycles. The van der Waals surface area contributed by atoms with E-state index in [-0.39, 0.29) is 23.1 Å². The van der Waals surface area contributed by atoms with Crippen molar-refractivity contribution in [3.8, 4) is 0 Å². The van der Waals surface area contributed by atoms with Crippen molar-refractivity contribution >= 4 is 11.9 Å². The van der Waals surface area contributed by atoms with Crippen LogP contribution >= 0.6 is 0 Å². The molecule has 0 fully saturated rings. The van der Waals surface area contributed by atoms with Crippen molar-refractivity contribution in [3.63, 3.8) is 0 Å². The van der Waals surface area contributed by atoms with E-state index < -0.39 is 0 Å². The van der Waals surface area contributed by atoms with Gasteiger partial charge in [-0.05, 0) is 89.9 Å². The fraction of sp³-hybridized carbons (Fsp3) is 0.976. The first-order chi connectivity index (χ1) is 42.4. The van der Waals surface area contributed by atoms with Crippen LogP contribution in [-0.2, 0) is 19.1 Å². The molecule has 0 unspecified atom stereocenters. The van der Waals surface area contributed by atoms with Gasteiger partial charge in [-0.15, -0.1) is 0 Å². The molecular formula is C82H162O4. The highest BCUT2D eigenvalue weighted by Gasteiger charge is 2.34. The summed E-state index contributed by atoms with van der Waals surface area (Å²) in [6.07, 6.45) is 91.9. The molecule has 0 N–H and O–H groups in total. The molecule has 0 aromatic heterocycles. The number of hydrogen-bond donors (Lipinski definition) is 0. The van der Waals surface area contributed by atoms with E-state index >= 15 is 0 Å². The average Bonchev–Trinajstić information content (AvgIpc) is 3.70. The Kier molecular flexibility index (Phi) is 69.0. The van der Waals surface area contributed by atoms with Crippen LogP contribution in [0.4, 0.5) is 0 Å². The van der Waals surface area contributed by atoms with Gasteiger partial charge < -0.3 is 9.47 Å². The number of rotatable bonds is 75. The van der Waals surface area contributed by atoms with E-state index in [0.717, 1.165) is 51.4 Å². The minimum atomic E-state index is -0.335. The molecular weight excluding hydrogens is 1050 g/mol. The van der Waals surface area contributed by atoms with Crippen molar-refractivity contribution in [2.75, 3.05) is 0 Å². The second kappa shape index (κ2) is 69.8. The predicted octanol–water partition coefficient (Wildman–Crippen LogP) is 29.8. The van der Waals surface area contributed by atoms with E-state index in [4.69, 9.17) is 9.47 Å². The van der Waals surface area contributed by atoms with Crippen LogP contribution in [0, 0.1) is 0 Å². The first kappa shape index (κ1) is 84.9. The van der Waals surface area contributed by atoms with E-state index in [1.54, 1.807) is 0 Å². The molecule has 0 aliphatic rings. The van der Waals surface area contributed by atoms with E-state index in [1.807, 2.05) is 0 Å². The molecule has 0 bridgehead atoms. The maximum Gasteiger partial charge on any atom is 0.306 e. The number of unbranched alkanes of at least 4 members (excludes halogenated alkanes) is 57. The third kappa shape index (κ3) is 60.5. The molecule has 0 radical (unpaired) electrons. The van der Waals surface area contributed by atoms with Crippen LogP contribution < -0.4 is 0 Å². The molecule has 0 aliphatic heterocycles. The maximum absolute atomic E-state index is 14.1. The molecule has 4 heteroatoms. The van der Waals surface area contributed by atoms with E-state index in [9.17, 15) is 9.59 Å². The van der Waals surface area contributed by atoms with Gasteiger partial charge in [0.25, 0.3) is 0 Å². The van der Waals surface area contributed by atoms with Crippen molar-refractivity contribution in [2.24, 2.45) is 0 Å². The minimum Gasteiger partial charge on any atom is -0.459 e. The summed E-state index contributed by atoms with van der Waals surface area (Å²) in [6, 6.07) is 0.